The molecule has 3 atom stereocenters. The molecule has 0 bridgehead atoms. The van der Waals surface area contributed by atoms with Gasteiger partial charge in [0.25, 0.3) is 5.91 Å². The van der Waals surface area contributed by atoms with E-state index in [1.165, 1.54) is 26.0 Å². The molecule has 1 N–H and O–H groups in total. The second-order valence-electron chi connectivity index (χ2n) is 9.26. The zero-order chi connectivity index (χ0) is 25.8. The predicted octanol–water partition coefficient (Wildman–Crippen LogP) is 2.95. The molecular formula is C25H38ClN3O6S. The fourth-order valence-corrected chi connectivity index (χ4v) is 6.36. The summed E-state index contributed by atoms with van der Waals surface area (Å²) >= 11 is 1.50. The first kappa shape index (κ1) is 30.1. The molecule has 2 aliphatic heterocycles. The number of nitrogens with one attached hydrogen (secondary N) is 1. The molecule has 0 aliphatic carbocycles. The van der Waals surface area contributed by atoms with Gasteiger partial charge in [0.2, 0.25) is 5.91 Å². The molecule has 0 spiro atoms. The minimum absolute atomic E-state index is 0. The van der Waals surface area contributed by atoms with Gasteiger partial charge < -0.3 is 24.4 Å². The van der Waals surface area contributed by atoms with E-state index in [2.05, 4.69) is 24.1 Å². The topological polar surface area (TPSA) is 97.4 Å². The molecule has 3 rings (SSSR count). The van der Waals surface area contributed by atoms with Crippen LogP contribution in [0.15, 0.2) is 18.2 Å². The highest BCUT2D eigenvalue weighted by molar-refractivity contribution is 8.01. The van der Waals surface area contributed by atoms with Crippen molar-refractivity contribution in [1.29, 1.82) is 0 Å². The first-order chi connectivity index (χ1) is 16.7. The third-order valence-corrected chi connectivity index (χ3v) is 7.91. The zero-order valence-electron chi connectivity index (χ0n) is 21.9. The van der Waals surface area contributed by atoms with E-state index in [9.17, 15) is 14.4 Å². The van der Waals surface area contributed by atoms with Crippen molar-refractivity contribution in [3.63, 3.8) is 0 Å². The molecule has 2 amide bonds. The van der Waals surface area contributed by atoms with E-state index in [0.717, 1.165) is 25.9 Å². The average Bonchev–Trinajstić information content (AvgIpc) is 3.09. The van der Waals surface area contributed by atoms with Gasteiger partial charge in [0.05, 0.1) is 14.2 Å². The maximum absolute atomic E-state index is 13.1. The molecule has 2 saturated heterocycles. The van der Waals surface area contributed by atoms with Crippen molar-refractivity contribution in [3.8, 4) is 11.5 Å². The predicted molar refractivity (Wildman–Crippen MR) is 142 cm³/mol. The second kappa shape index (κ2) is 12.9. The van der Waals surface area contributed by atoms with Gasteiger partial charge in [-0.15, -0.1) is 24.2 Å². The zero-order valence-corrected chi connectivity index (χ0v) is 23.5. The Hall–Kier alpha value is -2.17. The van der Waals surface area contributed by atoms with Crippen LogP contribution in [0.2, 0.25) is 0 Å². The highest BCUT2D eigenvalue weighted by Crippen LogP contribution is 2.51. The molecule has 0 aromatic heterocycles. The van der Waals surface area contributed by atoms with Gasteiger partial charge in [-0.25, -0.2) is 4.79 Å². The minimum Gasteiger partial charge on any atom is -0.496 e. The SMILES string of the molecule is CCCN(CCC)CCOC(=O)[C@@H]1N2C(=O)C(NC(=O)c3c(OC)cccc3OC)[C@H]2SC1(C)C.Cl. The molecule has 0 saturated carbocycles. The lowest BCUT2D eigenvalue weighted by molar-refractivity contribution is -0.163. The largest absolute Gasteiger partial charge is 0.496 e. The molecular weight excluding hydrogens is 506 g/mol. The molecule has 2 fully saturated rings. The molecule has 2 heterocycles. The summed E-state index contributed by atoms with van der Waals surface area (Å²) in [5.74, 6) is -0.454. The quantitative estimate of drug-likeness (QED) is 0.317. The monoisotopic (exact) mass is 543 g/mol. The van der Waals surface area contributed by atoms with Crippen LogP contribution >= 0.6 is 24.2 Å². The molecule has 1 aromatic rings. The number of thioether (sulfide) groups is 1. The number of benzene rings is 1. The molecule has 0 radical (unpaired) electrons. The van der Waals surface area contributed by atoms with Crippen molar-refractivity contribution in [3.05, 3.63) is 23.8 Å². The summed E-state index contributed by atoms with van der Waals surface area (Å²) < 4.78 is 15.7. The Morgan fingerprint density at radius 2 is 1.67 bits per heavy atom. The first-order valence-corrected chi connectivity index (χ1v) is 13.0. The van der Waals surface area contributed by atoms with E-state index < -0.39 is 28.7 Å². The summed E-state index contributed by atoms with van der Waals surface area (Å²) in [7, 11) is 2.94. The highest BCUT2D eigenvalue weighted by atomic mass is 35.5. The van der Waals surface area contributed by atoms with Crippen molar-refractivity contribution >= 4 is 42.0 Å². The van der Waals surface area contributed by atoms with Gasteiger partial charge in [-0.05, 0) is 51.9 Å². The van der Waals surface area contributed by atoms with Crippen LogP contribution in [0, 0.1) is 0 Å². The van der Waals surface area contributed by atoms with Crippen LogP contribution in [0.5, 0.6) is 11.5 Å². The van der Waals surface area contributed by atoms with E-state index in [1.54, 1.807) is 23.1 Å². The molecule has 202 valence electrons. The lowest BCUT2D eigenvalue weighted by Gasteiger charge is -2.44. The molecule has 2 aliphatic rings. The number of hydrogen-bond donors (Lipinski definition) is 1. The maximum atomic E-state index is 13.1. The van der Waals surface area contributed by atoms with Gasteiger partial charge in [-0.2, -0.15) is 0 Å². The summed E-state index contributed by atoms with van der Waals surface area (Å²) in [6.07, 6.45) is 2.08. The van der Waals surface area contributed by atoms with Crippen LogP contribution in [0.4, 0.5) is 0 Å². The Bertz CT molecular complexity index is 918. The highest BCUT2D eigenvalue weighted by Gasteiger charge is 2.64. The summed E-state index contributed by atoms with van der Waals surface area (Å²) in [4.78, 5) is 43.0. The van der Waals surface area contributed by atoms with Crippen molar-refractivity contribution < 1.29 is 28.6 Å². The van der Waals surface area contributed by atoms with E-state index in [-0.39, 0.29) is 35.9 Å². The van der Waals surface area contributed by atoms with Crippen molar-refractivity contribution in [2.45, 2.75) is 62.7 Å². The number of rotatable bonds is 12. The summed E-state index contributed by atoms with van der Waals surface area (Å²) in [5, 5.41) is 2.47. The number of fused-ring (bicyclic) bond motifs is 1. The van der Waals surface area contributed by atoms with Crippen LogP contribution in [0.3, 0.4) is 0 Å². The van der Waals surface area contributed by atoms with Gasteiger partial charge >= 0.3 is 5.97 Å². The third-order valence-electron chi connectivity index (χ3n) is 6.34. The van der Waals surface area contributed by atoms with Gasteiger partial charge in [-0.3, -0.25) is 14.5 Å². The number of carbonyl (C=O) groups is 3. The standard InChI is InChI=1S/C25H37N3O6S.ClH/c1-7-12-27(13-8-2)14-15-34-24(31)20-25(3,4)35-23-19(22(30)28(20)23)26-21(29)18-16(32-5)10-9-11-17(18)33-6;/h9-11,19-20,23H,7-8,12-15H2,1-6H3,(H,26,29);1H/t19?,20-,23+;/m0./s1. The summed E-state index contributed by atoms with van der Waals surface area (Å²) in [5.41, 5.74) is 0.227. The van der Waals surface area contributed by atoms with Crippen LogP contribution in [0.1, 0.15) is 50.9 Å². The van der Waals surface area contributed by atoms with Crippen molar-refractivity contribution in [1.82, 2.24) is 15.1 Å². The summed E-state index contributed by atoms with van der Waals surface area (Å²) in [6, 6.07) is 3.59. The number of carbonyl (C=O) groups excluding carboxylic acids is 3. The molecule has 11 heteroatoms. The maximum Gasteiger partial charge on any atom is 0.330 e. The van der Waals surface area contributed by atoms with E-state index >= 15 is 0 Å². The first-order valence-electron chi connectivity index (χ1n) is 12.1. The van der Waals surface area contributed by atoms with Gasteiger partial charge in [0.15, 0.2) is 0 Å². The van der Waals surface area contributed by atoms with Crippen LogP contribution < -0.4 is 14.8 Å². The van der Waals surface area contributed by atoms with Crippen LogP contribution in [-0.4, -0.2) is 90.2 Å². The Balaban J connectivity index is 0.00000456. The Morgan fingerprint density at radius 3 is 2.19 bits per heavy atom. The van der Waals surface area contributed by atoms with Gasteiger partial charge in [0.1, 0.15) is 41.1 Å². The van der Waals surface area contributed by atoms with E-state index in [4.69, 9.17) is 14.2 Å². The number of hydrogen-bond acceptors (Lipinski definition) is 8. The van der Waals surface area contributed by atoms with Crippen molar-refractivity contribution in [2.24, 2.45) is 0 Å². The number of halogens is 1. The molecule has 36 heavy (non-hydrogen) atoms. The van der Waals surface area contributed by atoms with Gasteiger partial charge in [-0.1, -0.05) is 19.9 Å². The van der Waals surface area contributed by atoms with Gasteiger partial charge in [0, 0.05) is 11.3 Å². The number of nitrogens with zero attached hydrogens (tertiary/aromatic N) is 2. The number of amides is 2. The molecule has 9 nitrogen and oxygen atoms in total. The molecule has 1 aromatic carbocycles. The molecule has 1 unspecified atom stereocenters. The lowest BCUT2D eigenvalue weighted by Crippen LogP contribution is -2.70. The fraction of sp³-hybridized carbons (Fsp3) is 0.640. The Kier molecular flexibility index (Phi) is 10.7. The van der Waals surface area contributed by atoms with E-state index in [0.29, 0.717) is 18.0 Å². The minimum atomic E-state index is -0.746. The normalized spacial score (nSPS) is 21.8. The number of β-lactam (4-membered cyclic amide) rings is 1. The fourth-order valence-electron chi connectivity index (χ4n) is 4.74. The Morgan fingerprint density at radius 1 is 1.08 bits per heavy atom. The second-order valence-corrected chi connectivity index (χ2v) is 11.0. The number of esters is 1. The van der Waals surface area contributed by atoms with Crippen LogP contribution in [-0.2, 0) is 14.3 Å². The van der Waals surface area contributed by atoms with Crippen molar-refractivity contribution in [2.75, 3.05) is 40.5 Å². The van der Waals surface area contributed by atoms with E-state index in [1.807, 2.05) is 13.8 Å². The smallest absolute Gasteiger partial charge is 0.330 e. The number of methoxy groups -OCH3 is 2. The average molecular weight is 544 g/mol. The number of ether oxygens (including phenoxy) is 3. The Labute approximate surface area is 224 Å². The summed E-state index contributed by atoms with van der Waals surface area (Å²) in [6.45, 7) is 11.0. The van der Waals surface area contributed by atoms with Crippen LogP contribution in [0.25, 0.3) is 0 Å². The lowest BCUT2D eigenvalue weighted by atomic mass is 9.95. The third kappa shape index (κ3) is 6.03.